The predicted molar refractivity (Wildman–Crippen MR) is 124 cm³/mol. The molecule has 3 unspecified atom stereocenters. The first-order chi connectivity index (χ1) is 14.9. The number of nitrogens with zero attached hydrogens (tertiary/aromatic N) is 2. The number of hydrogen-bond donors (Lipinski definition) is 1. The molecule has 7 nitrogen and oxygen atoms in total. The molecule has 3 heterocycles. The van der Waals surface area contributed by atoms with Crippen LogP contribution in [0.15, 0.2) is 25.3 Å². The molecule has 3 fully saturated rings. The number of amides is 2. The number of β-amino-alcohol motifs (C(OH)–C–C–N with tert-alkyl or cyclic N) is 1. The number of halogens is 1. The molecule has 2 amide bonds. The average molecular weight is 515 g/mol. The number of carbonyl (C=O) groups is 3. The van der Waals surface area contributed by atoms with E-state index in [1.807, 2.05) is 0 Å². The van der Waals surface area contributed by atoms with Gasteiger partial charge in [-0.1, -0.05) is 48.0 Å². The zero-order valence-electron chi connectivity index (χ0n) is 17.9. The Labute approximate surface area is 196 Å². The minimum atomic E-state index is -0.721. The van der Waals surface area contributed by atoms with Crippen LogP contribution in [0.2, 0.25) is 0 Å². The monoisotopic (exact) mass is 514 g/mol. The van der Waals surface area contributed by atoms with Crippen molar-refractivity contribution in [3.05, 3.63) is 25.3 Å². The molecule has 0 saturated carbocycles. The number of aliphatic hydroxyl groups excluding tert-OH is 1. The maximum Gasteiger partial charge on any atom is 0.311 e. The summed E-state index contributed by atoms with van der Waals surface area (Å²) < 4.78 is 4.62. The van der Waals surface area contributed by atoms with E-state index >= 15 is 0 Å². The molecule has 0 aromatic carbocycles. The van der Waals surface area contributed by atoms with Crippen molar-refractivity contribution in [2.45, 2.75) is 47.1 Å². The van der Waals surface area contributed by atoms with Crippen LogP contribution in [-0.4, -0.2) is 86.4 Å². The molecule has 0 radical (unpaired) electrons. The molecule has 0 aromatic heterocycles. The van der Waals surface area contributed by atoms with E-state index < -0.39 is 28.6 Å². The van der Waals surface area contributed by atoms with Gasteiger partial charge in [0.1, 0.15) is 12.6 Å². The van der Waals surface area contributed by atoms with Crippen LogP contribution in [-0.2, 0) is 19.1 Å². The van der Waals surface area contributed by atoms with Gasteiger partial charge in [0, 0.05) is 29.7 Å². The van der Waals surface area contributed by atoms with Crippen LogP contribution in [0.1, 0.15) is 26.2 Å². The highest BCUT2D eigenvalue weighted by atomic mass is 79.9. The van der Waals surface area contributed by atoms with Crippen LogP contribution in [0, 0.1) is 11.8 Å². The predicted octanol–water partition coefficient (Wildman–Crippen LogP) is 1.99. The normalized spacial score (nSPS) is 33.3. The van der Waals surface area contributed by atoms with Crippen LogP contribution in [0.4, 0.5) is 0 Å². The lowest BCUT2D eigenvalue weighted by Crippen LogP contribution is -2.55. The van der Waals surface area contributed by atoms with Gasteiger partial charge < -0.3 is 19.6 Å². The first kappa shape index (κ1) is 24.3. The van der Waals surface area contributed by atoms with Crippen molar-refractivity contribution in [3.63, 3.8) is 0 Å². The highest BCUT2D eigenvalue weighted by Crippen LogP contribution is 2.67. The molecule has 1 spiro atoms. The van der Waals surface area contributed by atoms with E-state index in [4.69, 9.17) is 4.74 Å². The Kier molecular flexibility index (Phi) is 7.91. The van der Waals surface area contributed by atoms with Gasteiger partial charge >= 0.3 is 5.97 Å². The van der Waals surface area contributed by atoms with E-state index in [9.17, 15) is 19.5 Å². The van der Waals surface area contributed by atoms with E-state index in [0.717, 1.165) is 12.8 Å². The molecule has 1 N–H and O–H groups in total. The smallest absolute Gasteiger partial charge is 0.311 e. The summed E-state index contributed by atoms with van der Waals surface area (Å²) >= 11 is 5.27. The summed E-state index contributed by atoms with van der Waals surface area (Å²) in [5, 5.41) is 9.51. The molecule has 3 aliphatic heterocycles. The van der Waals surface area contributed by atoms with E-state index in [1.54, 1.807) is 22.7 Å². The number of rotatable bonds is 11. The summed E-state index contributed by atoms with van der Waals surface area (Å²) in [5.41, 5.74) is 0. The summed E-state index contributed by atoms with van der Waals surface area (Å²) in [6, 6.07) is -0.721. The van der Waals surface area contributed by atoms with Crippen LogP contribution in [0.25, 0.3) is 0 Å². The Hall–Kier alpha value is -1.32. The number of hydrogen-bond acceptors (Lipinski definition) is 6. The molecule has 0 aromatic rings. The minimum absolute atomic E-state index is 0.00398. The van der Waals surface area contributed by atoms with Gasteiger partial charge in [-0.25, -0.2) is 0 Å². The third kappa shape index (κ3) is 4.09. The van der Waals surface area contributed by atoms with Crippen LogP contribution in [0.3, 0.4) is 0 Å². The van der Waals surface area contributed by atoms with Crippen molar-refractivity contribution in [3.8, 4) is 0 Å². The van der Waals surface area contributed by atoms with Crippen molar-refractivity contribution in [2.24, 2.45) is 11.8 Å². The average Bonchev–Trinajstić information content (AvgIpc) is 3.33. The van der Waals surface area contributed by atoms with Crippen molar-refractivity contribution >= 4 is 45.5 Å². The number of fused-ring (bicyclic) bond motifs is 1. The third-order valence-corrected chi connectivity index (χ3v) is 9.64. The van der Waals surface area contributed by atoms with Crippen LogP contribution < -0.4 is 0 Å². The topological polar surface area (TPSA) is 87.2 Å². The van der Waals surface area contributed by atoms with Gasteiger partial charge in [-0.05, 0) is 12.8 Å². The Bertz CT molecular complexity index is 749. The highest BCUT2D eigenvalue weighted by Gasteiger charge is 2.76. The maximum atomic E-state index is 13.8. The first-order valence-corrected chi connectivity index (χ1v) is 12.6. The summed E-state index contributed by atoms with van der Waals surface area (Å²) in [6.07, 6.45) is 5.59. The number of alkyl halides is 1. The van der Waals surface area contributed by atoms with Gasteiger partial charge in [-0.3, -0.25) is 14.4 Å². The standard InChI is InChI=1S/C22H31BrN2O5S/c1-4-7-9-24(8-5-2)20(28)18-22-13-14(23)17(31-22)15(21(29)30-12-6-3)16(22)19(27)25(18)10-11-26/h5-6,14-18,26H,2-4,7-13H2,1H3/t14?,15-,16+,17-,18?,22?/m1/s1. The molecular formula is C22H31BrN2O5S. The van der Waals surface area contributed by atoms with Crippen LogP contribution in [0.5, 0.6) is 0 Å². The fourth-order valence-corrected chi connectivity index (χ4v) is 8.83. The summed E-state index contributed by atoms with van der Waals surface area (Å²) in [4.78, 5) is 43.5. The molecule has 0 aliphatic carbocycles. The van der Waals surface area contributed by atoms with Crippen molar-refractivity contribution < 1.29 is 24.2 Å². The van der Waals surface area contributed by atoms with Gasteiger partial charge in [0.25, 0.3) is 0 Å². The number of aliphatic hydroxyl groups is 1. The number of unbranched alkanes of at least 4 members (excludes halogenated alkanes) is 1. The lowest BCUT2D eigenvalue weighted by atomic mass is 9.71. The van der Waals surface area contributed by atoms with E-state index in [2.05, 4.69) is 36.0 Å². The molecule has 9 heteroatoms. The molecule has 3 saturated heterocycles. The van der Waals surface area contributed by atoms with E-state index in [1.165, 1.54) is 11.0 Å². The van der Waals surface area contributed by atoms with Crippen molar-refractivity contribution in [1.29, 1.82) is 0 Å². The molecule has 3 rings (SSSR count). The van der Waals surface area contributed by atoms with Gasteiger partial charge in [0.2, 0.25) is 11.8 Å². The summed E-state index contributed by atoms with van der Waals surface area (Å²) in [5.74, 6) is -2.06. The quantitative estimate of drug-likeness (QED) is 0.257. The summed E-state index contributed by atoms with van der Waals surface area (Å²) in [6.45, 7) is 10.3. The second-order valence-electron chi connectivity index (χ2n) is 8.26. The fraction of sp³-hybridized carbons (Fsp3) is 0.682. The Morgan fingerprint density at radius 3 is 2.77 bits per heavy atom. The Morgan fingerprint density at radius 2 is 2.16 bits per heavy atom. The SMILES string of the molecule is C=CCOC(=O)[C@H]1[C@@H]2SC3(CC2Br)C(C(=O)N(CC=C)CCCC)N(CCO)C(=O)[C@H]13. The first-order valence-electron chi connectivity index (χ1n) is 10.8. The van der Waals surface area contributed by atoms with Crippen molar-refractivity contribution in [2.75, 3.05) is 32.8 Å². The lowest BCUT2D eigenvalue weighted by molar-refractivity contribution is -0.153. The number of likely N-dealkylation sites (tertiary alicyclic amines) is 1. The fourth-order valence-electron chi connectivity index (χ4n) is 5.23. The highest BCUT2D eigenvalue weighted by molar-refractivity contribution is 9.09. The van der Waals surface area contributed by atoms with E-state index in [0.29, 0.717) is 19.5 Å². The Morgan fingerprint density at radius 1 is 1.42 bits per heavy atom. The number of ether oxygens (including phenoxy) is 1. The minimum Gasteiger partial charge on any atom is -0.461 e. The molecule has 2 bridgehead atoms. The van der Waals surface area contributed by atoms with Crippen molar-refractivity contribution in [1.82, 2.24) is 9.80 Å². The van der Waals surface area contributed by atoms with Gasteiger partial charge in [0.05, 0.1) is 23.2 Å². The molecule has 3 aliphatic rings. The van der Waals surface area contributed by atoms with Crippen LogP contribution >= 0.6 is 27.7 Å². The second kappa shape index (κ2) is 10.1. The van der Waals surface area contributed by atoms with Gasteiger partial charge in [-0.2, -0.15) is 0 Å². The maximum absolute atomic E-state index is 13.8. The summed E-state index contributed by atoms with van der Waals surface area (Å²) in [7, 11) is 0. The van der Waals surface area contributed by atoms with Gasteiger partial charge in [0.15, 0.2) is 0 Å². The largest absolute Gasteiger partial charge is 0.461 e. The zero-order valence-corrected chi connectivity index (χ0v) is 20.3. The second-order valence-corrected chi connectivity index (χ2v) is 11.0. The lowest BCUT2D eigenvalue weighted by Gasteiger charge is -2.37. The molecule has 172 valence electrons. The molecule has 31 heavy (non-hydrogen) atoms. The number of carbonyl (C=O) groups excluding carboxylic acids is 3. The Balaban J connectivity index is 2.00. The van der Waals surface area contributed by atoms with E-state index in [-0.39, 0.29) is 41.6 Å². The third-order valence-electron chi connectivity index (χ3n) is 6.42. The number of thioether (sulfide) groups is 1. The molecular weight excluding hydrogens is 484 g/mol. The molecule has 6 atom stereocenters. The zero-order chi connectivity index (χ0) is 22.8. The van der Waals surface area contributed by atoms with Gasteiger partial charge in [-0.15, -0.1) is 18.3 Å². The number of esters is 1.